The summed E-state index contributed by atoms with van der Waals surface area (Å²) in [6.45, 7) is 0.344. The Kier molecular flexibility index (Phi) is 5.21. The zero-order valence-corrected chi connectivity index (χ0v) is 12.2. The fourth-order valence-electron chi connectivity index (χ4n) is 1.86. The maximum absolute atomic E-state index is 11.9. The first-order chi connectivity index (χ1) is 10.2. The molecule has 4 heteroatoms. The maximum atomic E-state index is 11.9. The van der Waals surface area contributed by atoms with E-state index in [4.69, 9.17) is 14.2 Å². The molecule has 0 saturated carbocycles. The van der Waals surface area contributed by atoms with Gasteiger partial charge in [0.15, 0.2) is 0 Å². The summed E-state index contributed by atoms with van der Waals surface area (Å²) in [6.07, 6.45) is 0.673. The Morgan fingerprint density at radius 2 is 1.38 bits per heavy atom. The van der Waals surface area contributed by atoms with Crippen LogP contribution in [-0.2, 0) is 11.2 Å². The number of esters is 1. The lowest BCUT2D eigenvalue weighted by Crippen LogP contribution is -2.08. The van der Waals surface area contributed by atoms with Crippen LogP contribution in [0.4, 0.5) is 0 Å². The van der Waals surface area contributed by atoms with Gasteiger partial charge in [-0.1, -0.05) is 12.1 Å². The van der Waals surface area contributed by atoms with Crippen LogP contribution in [0.15, 0.2) is 48.5 Å². The zero-order chi connectivity index (χ0) is 15.1. The van der Waals surface area contributed by atoms with Gasteiger partial charge in [0.2, 0.25) is 0 Å². The molecule has 2 rings (SSSR count). The third-order valence-electron chi connectivity index (χ3n) is 3.11. The maximum Gasteiger partial charge on any atom is 0.338 e. The number of hydrogen-bond acceptors (Lipinski definition) is 4. The molecule has 21 heavy (non-hydrogen) atoms. The van der Waals surface area contributed by atoms with Gasteiger partial charge in [-0.3, -0.25) is 0 Å². The van der Waals surface area contributed by atoms with Gasteiger partial charge >= 0.3 is 5.97 Å². The topological polar surface area (TPSA) is 44.8 Å². The van der Waals surface area contributed by atoms with Crippen molar-refractivity contribution < 1.29 is 19.0 Å². The Morgan fingerprint density at radius 3 is 1.90 bits per heavy atom. The van der Waals surface area contributed by atoms with E-state index in [1.165, 1.54) is 0 Å². The highest BCUT2D eigenvalue weighted by molar-refractivity contribution is 5.89. The van der Waals surface area contributed by atoms with Crippen LogP contribution in [0.5, 0.6) is 11.5 Å². The minimum Gasteiger partial charge on any atom is -0.497 e. The molecular weight excluding hydrogens is 268 g/mol. The van der Waals surface area contributed by atoms with E-state index in [-0.39, 0.29) is 5.97 Å². The van der Waals surface area contributed by atoms with Crippen LogP contribution in [0.1, 0.15) is 15.9 Å². The summed E-state index contributed by atoms with van der Waals surface area (Å²) in [4.78, 5) is 11.9. The molecule has 0 aliphatic carbocycles. The zero-order valence-electron chi connectivity index (χ0n) is 12.2. The molecule has 0 fully saturated rings. The predicted octanol–water partition coefficient (Wildman–Crippen LogP) is 3.10. The molecule has 2 aromatic rings. The summed E-state index contributed by atoms with van der Waals surface area (Å²) in [7, 11) is 3.22. The number of hydrogen-bond donors (Lipinski definition) is 0. The fourth-order valence-corrected chi connectivity index (χ4v) is 1.86. The van der Waals surface area contributed by atoms with Crippen molar-refractivity contribution in [3.05, 3.63) is 59.7 Å². The van der Waals surface area contributed by atoms with Gasteiger partial charge in [0.05, 0.1) is 26.4 Å². The second kappa shape index (κ2) is 7.33. The second-order valence-corrected chi connectivity index (χ2v) is 4.46. The molecular formula is C17H18O4. The van der Waals surface area contributed by atoms with Crippen molar-refractivity contribution >= 4 is 5.97 Å². The SMILES string of the molecule is COc1ccc(CCOC(=O)c2ccc(OC)cc2)cc1. The van der Waals surface area contributed by atoms with Gasteiger partial charge in [-0.15, -0.1) is 0 Å². The van der Waals surface area contributed by atoms with Crippen LogP contribution in [0, 0.1) is 0 Å². The second-order valence-electron chi connectivity index (χ2n) is 4.46. The van der Waals surface area contributed by atoms with Gasteiger partial charge in [-0.2, -0.15) is 0 Å². The van der Waals surface area contributed by atoms with Crippen LogP contribution in [0.3, 0.4) is 0 Å². The van der Waals surface area contributed by atoms with E-state index in [1.54, 1.807) is 38.5 Å². The van der Waals surface area contributed by atoms with E-state index in [9.17, 15) is 4.79 Å². The summed E-state index contributed by atoms with van der Waals surface area (Å²) >= 11 is 0. The van der Waals surface area contributed by atoms with Crippen molar-refractivity contribution in [2.75, 3.05) is 20.8 Å². The van der Waals surface area contributed by atoms with E-state index in [0.717, 1.165) is 11.3 Å². The summed E-state index contributed by atoms with van der Waals surface area (Å²) in [5.74, 6) is 1.20. The summed E-state index contributed by atoms with van der Waals surface area (Å²) in [6, 6.07) is 14.5. The molecule has 0 aliphatic heterocycles. The largest absolute Gasteiger partial charge is 0.497 e. The van der Waals surface area contributed by atoms with Crippen LogP contribution in [0.2, 0.25) is 0 Å². The van der Waals surface area contributed by atoms with Crippen molar-refractivity contribution in [2.45, 2.75) is 6.42 Å². The first-order valence-corrected chi connectivity index (χ1v) is 6.67. The average Bonchev–Trinajstić information content (AvgIpc) is 2.55. The highest BCUT2D eigenvalue weighted by atomic mass is 16.5. The Hall–Kier alpha value is -2.49. The first kappa shape index (κ1) is 14.9. The van der Waals surface area contributed by atoms with Gasteiger partial charge < -0.3 is 14.2 Å². The molecule has 0 aliphatic rings. The van der Waals surface area contributed by atoms with Crippen LogP contribution in [0.25, 0.3) is 0 Å². The third kappa shape index (κ3) is 4.24. The Morgan fingerprint density at radius 1 is 0.857 bits per heavy atom. The molecule has 0 radical (unpaired) electrons. The number of ether oxygens (including phenoxy) is 3. The van der Waals surface area contributed by atoms with Crippen molar-refractivity contribution in [3.8, 4) is 11.5 Å². The fraction of sp³-hybridized carbons (Fsp3) is 0.235. The molecule has 4 nitrogen and oxygen atoms in total. The summed E-state index contributed by atoms with van der Waals surface area (Å²) in [5, 5.41) is 0. The van der Waals surface area contributed by atoms with E-state index in [1.807, 2.05) is 24.3 Å². The standard InChI is InChI=1S/C17H18O4/c1-19-15-7-3-13(4-8-15)11-12-21-17(18)14-5-9-16(20-2)10-6-14/h3-10H,11-12H2,1-2H3. The van der Waals surface area contributed by atoms with Gasteiger partial charge in [-0.25, -0.2) is 4.79 Å². The summed E-state index contributed by atoms with van der Waals surface area (Å²) < 4.78 is 15.4. The molecule has 0 unspecified atom stereocenters. The van der Waals surface area contributed by atoms with Crippen LogP contribution < -0.4 is 9.47 Å². The number of benzene rings is 2. The molecule has 0 amide bonds. The van der Waals surface area contributed by atoms with E-state index < -0.39 is 0 Å². The lowest BCUT2D eigenvalue weighted by Gasteiger charge is -2.06. The number of methoxy groups -OCH3 is 2. The van der Waals surface area contributed by atoms with Gasteiger partial charge in [0.25, 0.3) is 0 Å². The number of rotatable bonds is 6. The Labute approximate surface area is 124 Å². The van der Waals surface area contributed by atoms with Gasteiger partial charge in [-0.05, 0) is 42.0 Å². The van der Waals surface area contributed by atoms with Crippen molar-refractivity contribution in [1.82, 2.24) is 0 Å². The third-order valence-corrected chi connectivity index (χ3v) is 3.11. The smallest absolute Gasteiger partial charge is 0.338 e. The molecule has 2 aromatic carbocycles. The number of carbonyl (C=O) groups excluding carboxylic acids is 1. The quantitative estimate of drug-likeness (QED) is 0.765. The van der Waals surface area contributed by atoms with E-state index >= 15 is 0 Å². The predicted molar refractivity (Wildman–Crippen MR) is 80.0 cm³/mol. The Balaban J connectivity index is 1.82. The highest BCUT2D eigenvalue weighted by Gasteiger charge is 2.07. The molecule has 0 bridgehead atoms. The average molecular weight is 286 g/mol. The lowest BCUT2D eigenvalue weighted by atomic mass is 10.1. The first-order valence-electron chi connectivity index (χ1n) is 6.67. The molecule has 110 valence electrons. The lowest BCUT2D eigenvalue weighted by molar-refractivity contribution is 0.0509. The minimum atomic E-state index is -0.328. The van der Waals surface area contributed by atoms with Crippen LogP contribution in [-0.4, -0.2) is 26.8 Å². The normalized spacial score (nSPS) is 10.0. The van der Waals surface area contributed by atoms with Crippen molar-refractivity contribution in [1.29, 1.82) is 0 Å². The van der Waals surface area contributed by atoms with Gasteiger partial charge in [0.1, 0.15) is 11.5 Å². The van der Waals surface area contributed by atoms with E-state index in [0.29, 0.717) is 24.3 Å². The Bertz CT molecular complexity index is 573. The van der Waals surface area contributed by atoms with Crippen LogP contribution >= 0.6 is 0 Å². The summed E-state index contributed by atoms with van der Waals surface area (Å²) in [5.41, 5.74) is 1.61. The van der Waals surface area contributed by atoms with Gasteiger partial charge in [0, 0.05) is 6.42 Å². The number of carbonyl (C=O) groups is 1. The van der Waals surface area contributed by atoms with E-state index in [2.05, 4.69) is 0 Å². The highest BCUT2D eigenvalue weighted by Crippen LogP contribution is 2.13. The van der Waals surface area contributed by atoms with Crippen molar-refractivity contribution in [2.24, 2.45) is 0 Å². The molecule has 0 aromatic heterocycles. The molecule has 0 atom stereocenters. The van der Waals surface area contributed by atoms with Crippen molar-refractivity contribution in [3.63, 3.8) is 0 Å². The molecule has 0 spiro atoms. The molecule has 0 N–H and O–H groups in total. The molecule has 0 saturated heterocycles. The monoisotopic (exact) mass is 286 g/mol. The minimum absolute atomic E-state index is 0.328. The molecule has 0 heterocycles.